The normalized spacial score (nSPS) is 14.1. The van der Waals surface area contributed by atoms with Gasteiger partial charge in [0.25, 0.3) is 0 Å². The molecule has 0 radical (unpaired) electrons. The molecule has 0 saturated carbocycles. The van der Waals surface area contributed by atoms with Crippen molar-refractivity contribution in [3.8, 4) is 0 Å². The lowest BCUT2D eigenvalue weighted by Gasteiger charge is -2.23. The second-order valence-electron chi connectivity index (χ2n) is 4.30. The highest BCUT2D eigenvalue weighted by molar-refractivity contribution is 7.90. The molecule has 0 aromatic heterocycles. The summed E-state index contributed by atoms with van der Waals surface area (Å²) in [6.45, 7) is 1.53. The number of primary sulfonamides is 1. The van der Waals surface area contributed by atoms with Crippen LogP contribution in [0.1, 0.15) is 13.3 Å². The third kappa shape index (κ3) is 3.79. The summed E-state index contributed by atoms with van der Waals surface area (Å²) < 4.78 is 47.9. The van der Waals surface area contributed by atoms with Crippen molar-refractivity contribution in [2.75, 3.05) is 7.05 Å². The average Bonchev–Trinajstić information content (AvgIpc) is 2.38. The van der Waals surface area contributed by atoms with Gasteiger partial charge < -0.3 is 5.11 Å². The van der Waals surface area contributed by atoms with Gasteiger partial charge in [0.1, 0.15) is 6.04 Å². The predicted octanol–water partition coefficient (Wildman–Crippen LogP) is -0.182. The molecule has 1 rings (SSSR count). The smallest absolute Gasteiger partial charge is 0.321 e. The van der Waals surface area contributed by atoms with Crippen molar-refractivity contribution in [2.45, 2.75) is 29.2 Å². The number of carboxylic acid groups (broad SMARTS) is 1. The Hall–Kier alpha value is -1.49. The highest BCUT2D eigenvalue weighted by Crippen LogP contribution is 2.20. The van der Waals surface area contributed by atoms with Crippen LogP contribution in [-0.4, -0.2) is 45.3 Å². The Kier molecular flexibility index (Phi) is 5.10. The molecule has 0 saturated heterocycles. The van der Waals surface area contributed by atoms with Crippen LogP contribution < -0.4 is 5.14 Å². The Balaban J connectivity index is 3.35. The number of rotatable bonds is 6. The number of hydrogen-bond acceptors (Lipinski definition) is 5. The lowest BCUT2D eigenvalue weighted by atomic mass is 10.2. The van der Waals surface area contributed by atoms with Crippen molar-refractivity contribution in [1.29, 1.82) is 0 Å². The first-order chi connectivity index (χ1) is 9.51. The lowest BCUT2D eigenvalue weighted by molar-refractivity contribution is -0.141. The summed E-state index contributed by atoms with van der Waals surface area (Å²) in [5.41, 5.74) is 0. The summed E-state index contributed by atoms with van der Waals surface area (Å²) in [6.07, 6.45) is 0.0694. The van der Waals surface area contributed by atoms with Crippen LogP contribution in [0.5, 0.6) is 0 Å². The molecule has 1 unspecified atom stereocenters. The molecule has 0 amide bonds. The molecule has 0 fully saturated rings. The molecule has 1 atom stereocenters. The molecule has 1 aromatic rings. The van der Waals surface area contributed by atoms with Crippen LogP contribution in [0.3, 0.4) is 0 Å². The van der Waals surface area contributed by atoms with Crippen LogP contribution in [0.25, 0.3) is 0 Å². The van der Waals surface area contributed by atoms with Crippen LogP contribution in [0.15, 0.2) is 34.1 Å². The van der Waals surface area contributed by atoms with Crippen molar-refractivity contribution in [3.05, 3.63) is 24.3 Å². The van der Waals surface area contributed by atoms with E-state index in [0.29, 0.717) is 4.31 Å². The summed E-state index contributed by atoms with van der Waals surface area (Å²) in [5, 5.41) is 14.0. The fourth-order valence-electron chi connectivity index (χ4n) is 1.73. The van der Waals surface area contributed by atoms with E-state index in [0.717, 1.165) is 19.2 Å². The maximum Gasteiger partial charge on any atom is 0.321 e. The zero-order valence-corrected chi connectivity index (χ0v) is 13.1. The van der Waals surface area contributed by atoms with Gasteiger partial charge in [0, 0.05) is 7.05 Å². The maximum absolute atomic E-state index is 12.3. The molecule has 0 aliphatic carbocycles. The van der Waals surface area contributed by atoms with Crippen LogP contribution in [0, 0.1) is 0 Å². The molecule has 3 N–H and O–H groups in total. The number of carbonyl (C=O) groups is 1. The minimum Gasteiger partial charge on any atom is -0.480 e. The van der Waals surface area contributed by atoms with Crippen LogP contribution in [0.2, 0.25) is 0 Å². The summed E-state index contributed by atoms with van der Waals surface area (Å²) in [5.74, 6) is -1.29. The lowest BCUT2D eigenvalue weighted by Crippen LogP contribution is -2.41. The van der Waals surface area contributed by atoms with Gasteiger partial charge in [-0.25, -0.2) is 22.0 Å². The molecule has 0 bridgehead atoms. The van der Waals surface area contributed by atoms with E-state index in [1.165, 1.54) is 19.1 Å². The molecule has 8 nitrogen and oxygen atoms in total. The van der Waals surface area contributed by atoms with Gasteiger partial charge in [-0.2, -0.15) is 4.31 Å². The third-order valence-electron chi connectivity index (χ3n) is 2.92. The number of aliphatic carboxylic acids is 1. The van der Waals surface area contributed by atoms with E-state index in [1.807, 2.05) is 0 Å². The Bertz CT molecular complexity index is 742. The van der Waals surface area contributed by atoms with Gasteiger partial charge in [0.05, 0.1) is 9.79 Å². The van der Waals surface area contributed by atoms with Gasteiger partial charge in [-0.1, -0.05) is 13.0 Å². The molecule has 1 aromatic carbocycles. The first kappa shape index (κ1) is 17.6. The Morgan fingerprint density at radius 3 is 2.24 bits per heavy atom. The number of sulfonamides is 2. The second-order valence-corrected chi connectivity index (χ2v) is 7.86. The number of hydrogen-bond donors (Lipinski definition) is 2. The molecule has 118 valence electrons. The number of likely N-dealkylation sites (N-methyl/N-ethyl adjacent to an activating group) is 1. The SMILES string of the molecule is CCC(C(=O)O)N(C)S(=O)(=O)c1cccc(S(N)(=O)=O)c1. The largest absolute Gasteiger partial charge is 0.480 e. The van der Waals surface area contributed by atoms with Crippen molar-refractivity contribution >= 4 is 26.0 Å². The molecule has 0 spiro atoms. The summed E-state index contributed by atoms with van der Waals surface area (Å²) in [4.78, 5) is 10.4. The first-order valence-corrected chi connectivity index (χ1v) is 8.84. The van der Waals surface area contributed by atoms with Gasteiger partial charge >= 0.3 is 5.97 Å². The topological polar surface area (TPSA) is 135 Å². The molecule has 0 heterocycles. The Morgan fingerprint density at radius 1 is 1.29 bits per heavy atom. The maximum atomic E-state index is 12.3. The van der Waals surface area contributed by atoms with E-state index < -0.39 is 32.1 Å². The van der Waals surface area contributed by atoms with Crippen LogP contribution in [0.4, 0.5) is 0 Å². The second kappa shape index (κ2) is 6.10. The quantitative estimate of drug-likeness (QED) is 0.739. The van der Waals surface area contributed by atoms with E-state index in [4.69, 9.17) is 10.2 Å². The number of benzene rings is 1. The Labute approximate surface area is 123 Å². The van der Waals surface area contributed by atoms with Crippen molar-refractivity contribution < 1.29 is 26.7 Å². The number of nitrogens with two attached hydrogens (primary N) is 1. The Morgan fingerprint density at radius 2 is 1.81 bits per heavy atom. The van der Waals surface area contributed by atoms with E-state index in [9.17, 15) is 21.6 Å². The monoisotopic (exact) mass is 336 g/mol. The summed E-state index contributed by atoms with van der Waals surface area (Å²) in [6, 6.07) is 3.21. The van der Waals surface area contributed by atoms with Gasteiger partial charge in [-0.3, -0.25) is 4.79 Å². The van der Waals surface area contributed by atoms with E-state index in [2.05, 4.69) is 0 Å². The zero-order valence-electron chi connectivity index (χ0n) is 11.4. The van der Waals surface area contributed by atoms with Crippen molar-refractivity contribution in [2.24, 2.45) is 5.14 Å². The van der Waals surface area contributed by atoms with E-state index in [1.54, 1.807) is 0 Å². The predicted molar refractivity (Wildman–Crippen MR) is 74.5 cm³/mol. The number of nitrogens with zero attached hydrogens (tertiary/aromatic N) is 1. The molecular weight excluding hydrogens is 320 g/mol. The van der Waals surface area contributed by atoms with Crippen molar-refractivity contribution in [1.82, 2.24) is 4.31 Å². The molecule has 0 aliphatic heterocycles. The molecule has 10 heteroatoms. The zero-order chi connectivity index (χ0) is 16.4. The minimum absolute atomic E-state index is 0.0694. The highest BCUT2D eigenvalue weighted by Gasteiger charge is 2.31. The fraction of sp³-hybridized carbons (Fsp3) is 0.364. The van der Waals surface area contributed by atoms with E-state index >= 15 is 0 Å². The summed E-state index contributed by atoms with van der Waals surface area (Å²) in [7, 11) is -7.07. The average molecular weight is 336 g/mol. The van der Waals surface area contributed by atoms with E-state index in [-0.39, 0.29) is 16.2 Å². The number of carboxylic acids is 1. The minimum atomic E-state index is -4.15. The van der Waals surface area contributed by atoms with Crippen molar-refractivity contribution in [3.63, 3.8) is 0 Å². The van der Waals surface area contributed by atoms with Crippen LogP contribution >= 0.6 is 0 Å². The third-order valence-corrected chi connectivity index (χ3v) is 5.70. The van der Waals surface area contributed by atoms with Crippen LogP contribution in [-0.2, 0) is 24.8 Å². The van der Waals surface area contributed by atoms with Gasteiger partial charge in [0.15, 0.2) is 0 Å². The van der Waals surface area contributed by atoms with Gasteiger partial charge in [-0.15, -0.1) is 0 Å². The van der Waals surface area contributed by atoms with Gasteiger partial charge in [0.2, 0.25) is 20.0 Å². The highest BCUT2D eigenvalue weighted by atomic mass is 32.2. The molecule has 0 aliphatic rings. The molecule has 21 heavy (non-hydrogen) atoms. The van der Waals surface area contributed by atoms with Gasteiger partial charge in [-0.05, 0) is 24.6 Å². The summed E-state index contributed by atoms with van der Waals surface area (Å²) >= 11 is 0. The fourth-order valence-corrected chi connectivity index (χ4v) is 3.80. The molecular formula is C11H16N2O6S2. The standard InChI is InChI=1S/C11H16N2O6S2/c1-3-10(11(14)15)13(2)21(18,19)9-6-4-5-8(7-9)20(12,16)17/h4-7,10H,3H2,1-2H3,(H,14,15)(H2,12,16,17). The first-order valence-electron chi connectivity index (χ1n) is 5.85.